The highest BCUT2D eigenvalue weighted by molar-refractivity contribution is 6.00. The van der Waals surface area contributed by atoms with Gasteiger partial charge in [0.15, 0.2) is 5.78 Å². The summed E-state index contributed by atoms with van der Waals surface area (Å²) in [5.74, 6) is 1.79. The number of benzene rings is 2. The second kappa shape index (κ2) is 6.88. The number of carbonyl (C=O) groups excluding carboxylic acids is 1. The Kier molecular flexibility index (Phi) is 4.19. The number of allylic oxidation sites excluding steroid dienone is 2. The van der Waals surface area contributed by atoms with Crippen LogP contribution in [0.5, 0.6) is 5.75 Å². The van der Waals surface area contributed by atoms with Gasteiger partial charge in [0.05, 0.1) is 7.11 Å². The Hall–Kier alpha value is -3.41. The van der Waals surface area contributed by atoms with E-state index in [4.69, 9.17) is 4.74 Å². The highest BCUT2D eigenvalue weighted by Crippen LogP contribution is 2.44. The third-order valence-corrected chi connectivity index (χ3v) is 5.81. The summed E-state index contributed by atoms with van der Waals surface area (Å²) in [5, 5.41) is 7.78. The van der Waals surface area contributed by atoms with Crippen molar-refractivity contribution in [3.8, 4) is 5.75 Å². The molecule has 0 saturated carbocycles. The van der Waals surface area contributed by atoms with Crippen molar-refractivity contribution in [3.05, 3.63) is 82.8 Å². The number of anilines is 1. The van der Waals surface area contributed by atoms with Crippen LogP contribution < -0.4 is 10.1 Å². The highest BCUT2D eigenvalue weighted by atomic mass is 16.5. The summed E-state index contributed by atoms with van der Waals surface area (Å²) in [4.78, 5) is 17.7. The Labute approximate surface area is 169 Å². The molecule has 6 nitrogen and oxygen atoms in total. The molecule has 1 aromatic heterocycles. The molecule has 146 valence electrons. The van der Waals surface area contributed by atoms with Crippen LogP contribution in [0.15, 0.2) is 66.1 Å². The number of rotatable bonds is 3. The number of hydrogen-bond acceptors (Lipinski definition) is 5. The van der Waals surface area contributed by atoms with Crippen molar-refractivity contribution >= 4 is 11.7 Å². The molecule has 2 aromatic carbocycles. The molecule has 6 heteroatoms. The highest BCUT2D eigenvalue weighted by Gasteiger charge is 2.39. The van der Waals surface area contributed by atoms with Gasteiger partial charge in [-0.25, -0.2) is 4.68 Å². The van der Waals surface area contributed by atoms with E-state index in [2.05, 4.69) is 40.5 Å². The van der Waals surface area contributed by atoms with Crippen molar-refractivity contribution in [2.24, 2.45) is 0 Å². The first kappa shape index (κ1) is 17.7. The zero-order valence-electron chi connectivity index (χ0n) is 16.4. The van der Waals surface area contributed by atoms with Gasteiger partial charge in [-0.3, -0.25) is 4.79 Å². The number of aromatic nitrogens is 3. The van der Waals surface area contributed by atoms with Crippen molar-refractivity contribution in [2.45, 2.75) is 31.7 Å². The summed E-state index contributed by atoms with van der Waals surface area (Å²) in [5.41, 5.74) is 5.12. The molecular weight excluding hydrogens is 364 g/mol. The van der Waals surface area contributed by atoms with Crippen LogP contribution in [0.1, 0.15) is 41.5 Å². The molecule has 0 fully saturated rings. The monoisotopic (exact) mass is 386 g/mol. The van der Waals surface area contributed by atoms with E-state index in [-0.39, 0.29) is 17.7 Å². The molecular formula is C23H22N4O2. The standard InChI is InChI=1S/C23H22N4O2/c1-14-4-3-5-16(10-14)22-21-19(26-23-24-13-25-27(22)23)11-17(12-20(21)28)15-6-8-18(29-2)9-7-15/h3-10,13,17,22H,11-12H2,1-2H3,(H,24,25,26)/t17-,22-/m0/s1. The van der Waals surface area contributed by atoms with Crippen LogP contribution >= 0.6 is 0 Å². The average Bonchev–Trinajstić information content (AvgIpc) is 3.20. The minimum Gasteiger partial charge on any atom is -0.497 e. The van der Waals surface area contributed by atoms with E-state index in [1.54, 1.807) is 7.11 Å². The van der Waals surface area contributed by atoms with E-state index in [0.29, 0.717) is 12.4 Å². The first-order chi connectivity index (χ1) is 14.1. The van der Waals surface area contributed by atoms with Crippen molar-refractivity contribution in [3.63, 3.8) is 0 Å². The Morgan fingerprint density at radius 3 is 2.69 bits per heavy atom. The molecule has 1 aliphatic heterocycles. The van der Waals surface area contributed by atoms with E-state index in [1.807, 2.05) is 35.0 Å². The van der Waals surface area contributed by atoms with Crippen molar-refractivity contribution in [1.82, 2.24) is 14.8 Å². The molecule has 0 spiro atoms. The maximum absolute atomic E-state index is 13.4. The van der Waals surface area contributed by atoms with Crippen molar-refractivity contribution in [1.29, 1.82) is 0 Å². The second-order valence-electron chi connectivity index (χ2n) is 7.66. The number of fused-ring (bicyclic) bond motifs is 1. The maximum Gasteiger partial charge on any atom is 0.226 e. The number of methoxy groups -OCH3 is 1. The van der Waals surface area contributed by atoms with E-state index < -0.39 is 0 Å². The van der Waals surface area contributed by atoms with E-state index in [1.165, 1.54) is 6.33 Å². The van der Waals surface area contributed by atoms with Crippen LogP contribution in [-0.2, 0) is 4.79 Å². The number of hydrogen-bond donors (Lipinski definition) is 1. The molecule has 1 aliphatic carbocycles. The molecule has 0 bridgehead atoms. The van der Waals surface area contributed by atoms with E-state index >= 15 is 0 Å². The fraction of sp³-hybridized carbons (Fsp3) is 0.261. The summed E-state index contributed by atoms with van der Waals surface area (Å²) < 4.78 is 7.08. The van der Waals surface area contributed by atoms with Crippen molar-refractivity contribution < 1.29 is 9.53 Å². The van der Waals surface area contributed by atoms with Gasteiger partial charge >= 0.3 is 0 Å². The van der Waals surface area contributed by atoms with Gasteiger partial charge in [-0.15, -0.1) is 0 Å². The van der Waals surface area contributed by atoms with Gasteiger partial charge in [-0.1, -0.05) is 42.0 Å². The Morgan fingerprint density at radius 1 is 1.10 bits per heavy atom. The lowest BCUT2D eigenvalue weighted by Gasteiger charge is -2.35. The Balaban J connectivity index is 1.56. The molecule has 2 atom stereocenters. The van der Waals surface area contributed by atoms with Crippen LogP contribution in [-0.4, -0.2) is 27.7 Å². The largest absolute Gasteiger partial charge is 0.497 e. The van der Waals surface area contributed by atoms with Crippen LogP contribution in [0.4, 0.5) is 5.95 Å². The fourth-order valence-electron chi connectivity index (χ4n) is 4.41. The van der Waals surface area contributed by atoms with Gasteiger partial charge in [0, 0.05) is 17.7 Å². The SMILES string of the molecule is COc1ccc([C@@H]2CC(=O)C3=C(C2)Nc2ncnn2[C@H]3c2cccc(C)c2)cc1. The lowest BCUT2D eigenvalue weighted by Crippen LogP contribution is -2.33. The van der Waals surface area contributed by atoms with Crippen LogP contribution in [0.2, 0.25) is 0 Å². The summed E-state index contributed by atoms with van der Waals surface area (Å²) in [6, 6.07) is 16.0. The number of ketones is 1. The summed E-state index contributed by atoms with van der Waals surface area (Å²) in [7, 11) is 1.66. The number of aryl methyl sites for hydroxylation is 1. The summed E-state index contributed by atoms with van der Waals surface area (Å²) >= 11 is 0. The molecule has 29 heavy (non-hydrogen) atoms. The van der Waals surface area contributed by atoms with Gasteiger partial charge < -0.3 is 10.1 Å². The third-order valence-electron chi connectivity index (χ3n) is 5.81. The van der Waals surface area contributed by atoms with Gasteiger partial charge in [0.2, 0.25) is 5.95 Å². The molecule has 5 rings (SSSR count). The minimum absolute atomic E-state index is 0.132. The maximum atomic E-state index is 13.4. The summed E-state index contributed by atoms with van der Waals surface area (Å²) in [6.07, 6.45) is 2.79. The number of Topliss-reactive ketones (excluding diaryl/α,β-unsaturated/α-hetero) is 1. The van der Waals surface area contributed by atoms with Gasteiger partial charge in [0.1, 0.15) is 18.1 Å². The topological polar surface area (TPSA) is 69.0 Å². The molecule has 0 amide bonds. The fourth-order valence-corrected chi connectivity index (χ4v) is 4.41. The summed E-state index contributed by atoms with van der Waals surface area (Å²) in [6.45, 7) is 2.06. The minimum atomic E-state index is -0.243. The lowest BCUT2D eigenvalue weighted by atomic mass is 9.78. The molecule has 0 radical (unpaired) electrons. The van der Waals surface area contributed by atoms with Gasteiger partial charge in [-0.05, 0) is 42.5 Å². The zero-order chi connectivity index (χ0) is 20.0. The number of ether oxygens (including phenoxy) is 1. The average molecular weight is 386 g/mol. The van der Waals surface area contributed by atoms with Crippen LogP contribution in [0.3, 0.4) is 0 Å². The number of carbonyl (C=O) groups is 1. The lowest BCUT2D eigenvalue weighted by molar-refractivity contribution is -0.116. The molecule has 0 unspecified atom stereocenters. The molecule has 2 aliphatic rings. The van der Waals surface area contributed by atoms with Gasteiger partial charge in [0.25, 0.3) is 0 Å². The quantitative estimate of drug-likeness (QED) is 0.737. The van der Waals surface area contributed by atoms with E-state index in [9.17, 15) is 4.79 Å². The first-order valence-electron chi connectivity index (χ1n) is 9.77. The van der Waals surface area contributed by atoms with Gasteiger partial charge in [-0.2, -0.15) is 10.1 Å². The third kappa shape index (κ3) is 3.01. The molecule has 0 saturated heterocycles. The number of nitrogens with zero attached hydrogens (tertiary/aromatic N) is 3. The number of nitrogens with one attached hydrogen (secondary N) is 1. The van der Waals surface area contributed by atoms with Crippen molar-refractivity contribution in [2.75, 3.05) is 12.4 Å². The normalized spacial score (nSPS) is 20.7. The second-order valence-corrected chi connectivity index (χ2v) is 7.66. The smallest absolute Gasteiger partial charge is 0.226 e. The zero-order valence-corrected chi connectivity index (χ0v) is 16.4. The molecule has 2 heterocycles. The Bertz CT molecular complexity index is 1110. The predicted molar refractivity (Wildman–Crippen MR) is 110 cm³/mol. The van der Waals surface area contributed by atoms with Crippen LogP contribution in [0.25, 0.3) is 0 Å². The molecule has 1 N–H and O–H groups in total. The van der Waals surface area contributed by atoms with Crippen LogP contribution in [0, 0.1) is 6.92 Å². The first-order valence-corrected chi connectivity index (χ1v) is 9.77. The van der Waals surface area contributed by atoms with E-state index in [0.717, 1.165) is 40.1 Å². The molecule has 3 aromatic rings. The Morgan fingerprint density at radius 2 is 1.93 bits per heavy atom. The predicted octanol–water partition coefficient (Wildman–Crippen LogP) is 4.01.